The maximum Gasteiger partial charge on any atom is 0.319 e. The van der Waals surface area contributed by atoms with Gasteiger partial charge in [-0.1, -0.05) is 53.5 Å². The Balaban J connectivity index is 1.34. The van der Waals surface area contributed by atoms with E-state index in [1.54, 1.807) is 18.2 Å². The molecule has 8 rings (SSSR count). The molecule has 3 saturated heterocycles. The lowest BCUT2D eigenvalue weighted by molar-refractivity contribution is 0.107. The average molecular weight is 773 g/mol. The summed E-state index contributed by atoms with van der Waals surface area (Å²) in [5, 5.41) is 12.4. The van der Waals surface area contributed by atoms with E-state index in [0.717, 1.165) is 19.4 Å². The maximum absolute atomic E-state index is 17.6. The third kappa shape index (κ3) is 6.40. The van der Waals surface area contributed by atoms with Crippen molar-refractivity contribution in [2.75, 3.05) is 51.0 Å². The molecule has 0 bridgehead atoms. The number of aromatic hydroxyl groups is 1. The summed E-state index contributed by atoms with van der Waals surface area (Å²) >= 11 is 0. The standard InChI is InChI=1S/C43H51F3N4O4Si/c1-25(2)55(26(3)4,27(5)6)17-11-32-35(45)9-8-28-18-31(51)19-33(37(28)32)34-20-36-38-40(39(34)46)47-42(54-24-43-12-7-13-49(43)22-29(44)21-43)48-41(38)50-14-16-52-15-10-30(50)23-53-36/h8-9,18-20,25-27,29-30,51H,7,10,12-16,21-24H2,1-6H3/t29-,30?,43+/m1/s1. The fraction of sp³-hybridized carbons (Fsp3) is 0.535. The third-order valence-corrected chi connectivity index (χ3v) is 19.2. The molecule has 1 N–H and O–H groups in total. The number of rotatable bonds is 7. The predicted molar refractivity (Wildman–Crippen MR) is 213 cm³/mol. The second-order valence-electron chi connectivity index (χ2n) is 16.9. The first kappa shape index (κ1) is 37.9. The Morgan fingerprint density at radius 1 is 1.00 bits per heavy atom. The largest absolute Gasteiger partial charge is 0.508 e. The minimum absolute atomic E-state index is 0.00503. The van der Waals surface area contributed by atoms with Crippen LogP contribution in [0.2, 0.25) is 16.6 Å². The van der Waals surface area contributed by atoms with Gasteiger partial charge in [0, 0.05) is 37.1 Å². The normalized spacial score (nSPS) is 22.8. The quantitative estimate of drug-likeness (QED) is 0.147. The average Bonchev–Trinajstić information content (AvgIpc) is 3.49. The van der Waals surface area contributed by atoms with Gasteiger partial charge in [0.2, 0.25) is 0 Å². The molecule has 0 saturated carbocycles. The molecule has 1 aromatic heterocycles. The molecule has 3 aromatic carbocycles. The van der Waals surface area contributed by atoms with Gasteiger partial charge in [-0.3, -0.25) is 4.90 Å². The Bertz CT molecular complexity index is 2180. The SMILES string of the molecule is CC(C)[Si](C#Cc1c(F)ccc2cc(O)cc(-c3cc4c5c(nc(OC[C@@]67CCCN6C[C@H](F)C7)nc5c3F)N3CCOCCC3CO4)c12)(C(C)C)C(C)C. The fourth-order valence-electron chi connectivity index (χ4n) is 10.3. The van der Waals surface area contributed by atoms with Crippen molar-refractivity contribution < 1.29 is 32.5 Å². The highest BCUT2D eigenvalue weighted by atomic mass is 28.3. The number of phenolic OH excluding ortho intramolecular Hbond substituents is 1. The van der Waals surface area contributed by atoms with E-state index < -0.39 is 31.4 Å². The molecule has 5 heterocycles. The smallest absolute Gasteiger partial charge is 0.319 e. The van der Waals surface area contributed by atoms with Gasteiger partial charge in [-0.2, -0.15) is 9.97 Å². The first-order chi connectivity index (χ1) is 26.3. The molecule has 12 heteroatoms. The van der Waals surface area contributed by atoms with Crippen molar-refractivity contribution in [1.29, 1.82) is 0 Å². The van der Waals surface area contributed by atoms with E-state index in [0.29, 0.717) is 90.1 Å². The van der Waals surface area contributed by atoms with Gasteiger partial charge < -0.3 is 24.2 Å². The van der Waals surface area contributed by atoms with Crippen LogP contribution in [0.1, 0.15) is 72.8 Å². The highest BCUT2D eigenvalue weighted by Crippen LogP contribution is 2.47. The van der Waals surface area contributed by atoms with Crippen LogP contribution >= 0.6 is 0 Å². The van der Waals surface area contributed by atoms with E-state index in [2.05, 4.69) is 62.8 Å². The number of hydrogen-bond donors (Lipinski definition) is 1. The molecule has 0 amide bonds. The zero-order chi connectivity index (χ0) is 38.8. The molecule has 3 atom stereocenters. The van der Waals surface area contributed by atoms with Crippen molar-refractivity contribution in [2.24, 2.45) is 0 Å². The molecule has 292 valence electrons. The molecule has 1 unspecified atom stereocenters. The molecule has 4 aliphatic heterocycles. The third-order valence-electron chi connectivity index (χ3n) is 12.9. The van der Waals surface area contributed by atoms with Crippen LogP contribution in [-0.2, 0) is 4.74 Å². The summed E-state index contributed by atoms with van der Waals surface area (Å²) in [7, 11) is -2.29. The number of phenols is 1. The van der Waals surface area contributed by atoms with Crippen molar-refractivity contribution in [1.82, 2.24) is 14.9 Å². The topological polar surface area (TPSA) is 80.2 Å². The molecule has 0 aliphatic carbocycles. The Morgan fingerprint density at radius 3 is 2.55 bits per heavy atom. The van der Waals surface area contributed by atoms with E-state index >= 15 is 8.78 Å². The number of aromatic nitrogens is 2. The Morgan fingerprint density at radius 2 is 1.78 bits per heavy atom. The fourth-order valence-corrected chi connectivity index (χ4v) is 15.5. The second-order valence-corrected chi connectivity index (χ2v) is 22.5. The first-order valence-electron chi connectivity index (χ1n) is 19.8. The van der Waals surface area contributed by atoms with Crippen LogP contribution < -0.4 is 14.4 Å². The predicted octanol–water partition coefficient (Wildman–Crippen LogP) is 8.95. The molecule has 4 aliphatic rings. The lowest BCUT2D eigenvalue weighted by Crippen LogP contribution is -2.43. The molecular weight excluding hydrogens is 722 g/mol. The number of ether oxygens (including phenoxy) is 3. The Hall–Kier alpha value is -4.05. The van der Waals surface area contributed by atoms with E-state index in [9.17, 15) is 9.50 Å². The minimum Gasteiger partial charge on any atom is -0.508 e. The molecule has 4 aromatic rings. The Labute approximate surface area is 322 Å². The number of anilines is 1. The maximum atomic E-state index is 17.6. The summed E-state index contributed by atoms with van der Waals surface area (Å²) < 4.78 is 67.1. The van der Waals surface area contributed by atoms with Crippen molar-refractivity contribution in [3.63, 3.8) is 0 Å². The molecule has 55 heavy (non-hydrogen) atoms. The highest BCUT2D eigenvalue weighted by molar-refractivity contribution is 6.90. The van der Waals surface area contributed by atoms with Gasteiger partial charge in [-0.15, -0.1) is 5.54 Å². The van der Waals surface area contributed by atoms with Crippen molar-refractivity contribution in [2.45, 2.75) is 102 Å². The monoisotopic (exact) mass is 772 g/mol. The molecule has 0 spiro atoms. The second kappa shape index (κ2) is 14.5. The van der Waals surface area contributed by atoms with Crippen LogP contribution in [0.25, 0.3) is 32.8 Å². The van der Waals surface area contributed by atoms with Gasteiger partial charge in [0.1, 0.15) is 56.1 Å². The number of nitrogens with zero attached hydrogens (tertiary/aromatic N) is 4. The number of halogens is 3. The van der Waals surface area contributed by atoms with Gasteiger partial charge in [-0.05, 0) is 77.6 Å². The van der Waals surface area contributed by atoms with Gasteiger partial charge in [0.25, 0.3) is 0 Å². The summed E-state index contributed by atoms with van der Waals surface area (Å²) in [6.45, 7) is 16.4. The van der Waals surface area contributed by atoms with Crippen LogP contribution in [0.3, 0.4) is 0 Å². The number of alkyl halides is 1. The van der Waals surface area contributed by atoms with Crippen LogP contribution in [0.4, 0.5) is 19.0 Å². The number of hydrogen-bond acceptors (Lipinski definition) is 8. The summed E-state index contributed by atoms with van der Waals surface area (Å²) in [5.74, 6) is 2.87. The van der Waals surface area contributed by atoms with Crippen LogP contribution in [0, 0.1) is 23.1 Å². The van der Waals surface area contributed by atoms with Gasteiger partial charge in [0.15, 0.2) is 5.82 Å². The molecule has 8 nitrogen and oxygen atoms in total. The van der Waals surface area contributed by atoms with Crippen LogP contribution in [-0.4, -0.2) is 91.9 Å². The lowest BCUT2D eigenvalue weighted by atomic mass is 9.92. The van der Waals surface area contributed by atoms with E-state index in [-0.39, 0.29) is 46.6 Å². The molecular formula is C43H51F3N4O4Si. The summed E-state index contributed by atoms with van der Waals surface area (Å²) in [6.07, 6.45) is 1.87. The van der Waals surface area contributed by atoms with E-state index in [4.69, 9.17) is 24.2 Å². The first-order valence-corrected chi connectivity index (χ1v) is 22.1. The number of benzene rings is 3. The summed E-state index contributed by atoms with van der Waals surface area (Å²) in [4.78, 5) is 13.9. The molecule has 3 fully saturated rings. The van der Waals surface area contributed by atoms with Crippen LogP contribution in [0.15, 0.2) is 30.3 Å². The number of fused-ring (bicyclic) bond motifs is 4. The minimum atomic E-state index is -2.29. The summed E-state index contributed by atoms with van der Waals surface area (Å²) in [5.41, 5.74) is 4.67. The molecule has 0 radical (unpaired) electrons. The van der Waals surface area contributed by atoms with Crippen LogP contribution in [0.5, 0.6) is 17.5 Å². The lowest BCUT2D eigenvalue weighted by Gasteiger charge is -2.38. The van der Waals surface area contributed by atoms with Gasteiger partial charge in [-0.25, -0.2) is 13.2 Å². The van der Waals surface area contributed by atoms with Crippen molar-refractivity contribution in [3.8, 4) is 40.1 Å². The van der Waals surface area contributed by atoms with Crippen molar-refractivity contribution in [3.05, 3.63) is 47.5 Å². The highest BCUT2D eigenvalue weighted by Gasteiger charge is 2.49. The summed E-state index contributed by atoms with van der Waals surface area (Å²) in [6, 6.07) is 7.47. The van der Waals surface area contributed by atoms with Gasteiger partial charge in [0.05, 0.1) is 29.1 Å². The zero-order valence-electron chi connectivity index (χ0n) is 32.6. The Kier molecular flexibility index (Phi) is 9.96. The zero-order valence-corrected chi connectivity index (χ0v) is 33.6. The van der Waals surface area contributed by atoms with E-state index in [1.165, 1.54) is 12.1 Å². The van der Waals surface area contributed by atoms with Gasteiger partial charge >= 0.3 is 6.01 Å². The van der Waals surface area contributed by atoms with E-state index in [1.807, 2.05) is 0 Å². The van der Waals surface area contributed by atoms with Crippen molar-refractivity contribution >= 4 is 35.6 Å².